The van der Waals surface area contributed by atoms with Crippen LogP contribution in [0.3, 0.4) is 0 Å². The number of fused-ring (bicyclic) bond motifs is 3. The van der Waals surface area contributed by atoms with E-state index in [1.54, 1.807) is 0 Å². The molecule has 0 spiro atoms. The number of aliphatic imine (C=N–C) groups is 1. The number of rotatable bonds is 1. The number of aromatic nitrogens is 1. The highest BCUT2D eigenvalue weighted by Crippen LogP contribution is 2.32. The topological polar surface area (TPSA) is 75.6 Å². The fourth-order valence-electron chi connectivity index (χ4n) is 2.42. The fraction of sp³-hybridized carbons (Fsp3) is 0.308. The van der Waals surface area contributed by atoms with Gasteiger partial charge in [0, 0.05) is 23.2 Å². The number of aliphatic hydroxyl groups excluding tert-OH is 1. The number of nitrogens with zero attached hydrogens (tertiary/aromatic N) is 2. The van der Waals surface area contributed by atoms with E-state index >= 15 is 0 Å². The van der Waals surface area contributed by atoms with E-state index in [1.165, 1.54) is 0 Å². The molecule has 0 fully saturated rings. The molecule has 18 heavy (non-hydrogen) atoms. The number of aliphatic hydroxyl groups is 1. The van der Waals surface area contributed by atoms with Gasteiger partial charge < -0.3 is 20.7 Å². The molecule has 1 aromatic carbocycles. The number of hydrogen-bond donors (Lipinski definition) is 3. The summed E-state index contributed by atoms with van der Waals surface area (Å²) in [6, 6.07) is 6.40. The first-order valence-corrected chi connectivity index (χ1v) is 5.99. The van der Waals surface area contributed by atoms with E-state index in [9.17, 15) is 5.11 Å². The van der Waals surface area contributed by atoms with Gasteiger partial charge >= 0.3 is 0 Å². The van der Waals surface area contributed by atoms with Crippen LogP contribution in [0.2, 0.25) is 0 Å². The molecule has 1 atom stereocenters. The van der Waals surface area contributed by atoms with Crippen LogP contribution in [0.1, 0.15) is 25.5 Å². The third kappa shape index (κ3) is 1.48. The maximum absolute atomic E-state index is 9.62. The van der Waals surface area contributed by atoms with Crippen LogP contribution in [0, 0.1) is 0 Å². The maximum atomic E-state index is 9.62. The third-order valence-electron chi connectivity index (χ3n) is 3.27. The molecule has 5 nitrogen and oxygen atoms in total. The molecule has 5 heteroatoms. The molecular weight excluding hydrogens is 228 g/mol. The van der Waals surface area contributed by atoms with E-state index in [4.69, 9.17) is 5.73 Å². The van der Waals surface area contributed by atoms with Crippen LogP contribution in [-0.4, -0.2) is 21.9 Å². The number of nitrogens with one attached hydrogen (secondary N) is 1. The molecule has 94 valence electrons. The summed E-state index contributed by atoms with van der Waals surface area (Å²) < 4.78 is 2.19. The van der Waals surface area contributed by atoms with Gasteiger partial charge in [0.25, 0.3) is 0 Å². The molecule has 0 saturated heterocycles. The lowest BCUT2D eigenvalue weighted by molar-refractivity contribution is 0.213. The molecular formula is C13H16N4O. The first-order chi connectivity index (χ1) is 8.58. The minimum Gasteiger partial charge on any atom is -0.383 e. The highest BCUT2D eigenvalue weighted by Gasteiger charge is 2.20. The van der Waals surface area contributed by atoms with Crippen LogP contribution in [0.4, 0.5) is 5.69 Å². The summed E-state index contributed by atoms with van der Waals surface area (Å²) in [5, 5.41) is 13.6. The van der Waals surface area contributed by atoms with E-state index in [2.05, 4.69) is 28.7 Å². The summed E-state index contributed by atoms with van der Waals surface area (Å²) in [5.41, 5.74) is 8.66. The highest BCUT2D eigenvalue weighted by molar-refractivity contribution is 6.10. The van der Waals surface area contributed by atoms with Crippen molar-refractivity contribution in [3.63, 3.8) is 0 Å². The van der Waals surface area contributed by atoms with Gasteiger partial charge in [0.1, 0.15) is 5.84 Å². The van der Waals surface area contributed by atoms with E-state index in [0.29, 0.717) is 11.9 Å². The molecule has 1 aromatic heterocycles. The molecule has 2 aromatic rings. The normalized spacial score (nSPS) is 18.7. The summed E-state index contributed by atoms with van der Waals surface area (Å²) in [6.45, 7) is 4.27. The van der Waals surface area contributed by atoms with Gasteiger partial charge in [-0.2, -0.15) is 0 Å². The van der Waals surface area contributed by atoms with Gasteiger partial charge in [0.15, 0.2) is 0 Å². The minimum absolute atomic E-state index is 0.371. The zero-order valence-electron chi connectivity index (χ0n) is 10.4. The number of hydrogen-bond acceptors (Lipinski definition) is 4. The van der Waals surface area contributed by atoms with Crippen molar-refractivity contribution in [2.45, 2.75) is 26.2 Å². The van der Waals surface area contributed by atoms with E-state index < -0.39 is 6.35 Å². The summed E-state index contributed by atoms with van der Waals surface area (Å²) in [4.78, 5) is 3.90. The fourth-order valence-corrected chi connectivity index (χ4v) is 2.42. The van der Waals surface area contributed by atoms with Crippen LogP contribution in [0.25, 0.3) is 10.9 Å². The van der Waals surface area contributed by atoms with Crippen LogP contribution in [0.15, 0.2) is 29.4 Å². The molecule has 0 amide bonds. The van der Waals surface area contributed by atoms with Crippen LogP contribution >= 0.6 is 0 Å². The molecule has 0 saturated carbocycles. The molecule has 1 unspecified atom stereocenters. The first-order valence-electron chi connectivity index (χ1n) is 5.99. The van der Waals surface area contributed by atoms with Crippen molar-refractivity contribution in [3.05, 3.63) is 30.0 Å². The van der Waals surface area contributed by atoms with Gasteiger partial charge in [0.2, 0.25) is 6.35 Å². The Morgan fingerprint density at radius 3 is 2.89 bits per heavy atom. The minimum atomic E-state index is -0.967. The Labute approximate surface area is 105 Å². The molecule has 3 rings (SSSR count). The second-order valence-corrected chi connectivity index (χ2v) is 4.77. The average molecular weight is 244 g/mol. The van der Waals surface area contributed by atoms with Gasteiger partial charge in [-0.25, -0.2) is 4.99 Å². The number of amidine groups is 1. The Kier molecular flexibility index (Phi) is 2.31. The van der Waals surface area contributed by atoms with Crippen molar-refractivity contribution in [1.82, 2.24) is 4.57 Å². The van der Waals surface area contributed by atoms with Crippen molar-refractivity contribution in [3.8, 4) is 0 Å². The molecule has 2 heterocycles. The largest absolute Gasteiger partial charge is 0.383 e. The molecule has 1 aliphatic rings. The van der Waals surface area contributed by atoms with E-state index in [0.717, 1.165) is 22.2 Å². The van der Waals surface area contributed by atoms with E-state index in [1.807, 2.05) is 24.4 Å². The monoisotopic (exact) mass is 244 g/mol. The van der Waals surface area contributed by atoms with Crippen molar-refractivity contribution < 1.29 is 5.11 Å². The number of benzene rings is 1. The lowest BCUT2D eigenvalue weighted by atomic mass is 10.1. The Hall–Kier alpha value is -2.01. The van der Waals surface area contributed by atoms with Crippen molar-refractivity contribution in [2.75, 3.05) is 5.32 Å². The average Bonchev–Trinajstić information content (AvgIpc) is 2.72. The van der Waals surface area contributed by atoms with Crippen LogP contribution in [0.5, 0.6) is 0 Å². The Bertz CT molecular complexity index is 642. The number of nitrogens with two attached hydrogens (primary N) is 1. The maximum Gasteiger partial charge on any atom is 0.225 e. The smallest absolute Gasteiger partial charge is 0.225 e. The molecule has 4 N–H and O–H groups in total. The second kappa shape index (κ2) is 3.74. The van der Waals surface area contributed by atoms with E-state index in [-0.39, 0.29) is 0 Å². The SMILES string of the molecule is CC(C)n1ccc2c3c(ccc21)C(N)=NC(O)N3. The standard InChI is InChI=1S/C13H16N4O/c1-7(2)17-6-5-8-10(17)4-3-9-11(8)15-13(18)16-12(9)14/h3-7,13,15,18H,1-2H3,(H2,14,16). The molecule has 0 bridgehead atoms. The molecule has 0 aliphatic carbocycles. The van der Waals surface area contributed by atoms with Gasteiger partial charge in [-0.3, -0.25) is 0 Å². The van der Waals surface area contributed by atoms with Crippen molar-refractivity contribution in [1.29, 1.82) is 0 Å². The van der Waals surface area contributed by atoms with Crippen molar-refractivity contribution >= 4 is 22.4 Å². The summed E-state index contributed by atoms with van der Waals surface area (Å²) in [7, 11) is 0. The van der Waals surface area contributed by atoms with Crippen LogP contribution in [-0.2, 0) is 0 Å². The number of anilines is 1. The molecule has 0 radical (unpaired) electrons. The van der Waals surface area contributed by atoms with Crippen LogP contribution < -0.4 is 11.1 Å². The lowest BCUT2D eigenvalue weighted by Crippen LogP contribution is -2.29. The zero-order chi connectivity index (χ0) is 12.9. The first kappa shape index (κ1) is 11.1. The Balaban J connectivity index is 2.28. The predicted molar refractivity (Wildman–Crippen MR) is 72.7 cm³/mol. The van der Waals surface area contributed by atoms with Gasteiger partial charge in [0.05, 0.1) is 11.2 Å². The highest BCUT2D eigenvalue weighted by atomic mass is 16.3. The lowest BCUT2D eigenvalue weighted by Gasteiger charge is -2.21. The van der Waals surface area contributed by atoms with Crippen molar-refractivity contribution in [2.24, 2.45) is 10.7 Å². The van der Waals surface area contributed by atoms with Gasteiger partial charge in [-0.15, -0.1) is 0 Å². The van der Waals surface area contributed by atoms with Gasteiger partial charge in [-0.1, -0.05) is 0 Å². The Morgan fingerprint density at radius 2 is 2.17 bits per heavy atom. The predicted octanol–water partition coefficient (Wildman–Crippen LogP) is 1.63. The molecule has 1 aliphatic heterocycles. The second-order valence-electron chi connectivity index (χ2n) is 4.77. The third-order valence-corrected chi connectivity index (χ3v) is 3.27. The summed E-state index contributed by atoms with van der Waals surface area (Å²) in [5.74, 6) is 0.371. The summed E-state index contributed by atoms with van der Waals surface area (Å²) in [6.07, 6.45) is 1.08. The Morgan fingerprint density at radius 1 is 1.39 bits per heavy atom. The van der Waals surface area contributed by atoms with Gasteiger partial charge in [-0.05, 0) is 32.0 Å². The summed E-state index contributed by atoms with van der Waals surface area (Å²) >= 11 is 0. The quantitative estimate of drug-likeness (QED) is 0.713. The zero-order valence-corrected chi connectivity index (χ0v) is 10.4.